The molecule has 1 fully saturated rings. The topological polar surface area (TPSA) is 102 Å². The summed E-state index contributed by atoms with van der Waals surface area (Å²) in [5.74, 6) is -1.55. The van der Waals surface area contributed by atoms with Gasteiger partial charge in [0.15, 0.2) is 6.10 Å². The number of ether oxygens (including phenoxy) is 2. The van der Waals surface area contributed by atoms with Crippen LogP contribution in [0.4, 0.5) is 13.2 Å². The molecule has 1 saturated heterocycles. The number of alkyl halides is 3. The molecule has 0 saturated carbocycles. The number of carbonyl (C=O) groups is 2. The predicted molar refractivity (Wildman–Crippen MR) is 104 cm³/mol. The van der Waals surface area contributed by atoms with Crippen LogP contribution >= 0.6 is 11.6 Å². The molecule has 3 atom stereocenters. The van der Waals surface area contributed by atoms with Crippen molar-refractivity contribution in [1.29, 1.82) is 0 Å². The summed E-state index contributed by atoms with van der Waals surface area (Å²) in [6, 6.07) is 1.79. The van der Waals surface area contributed by atoms with Gasteiger partial charge in [0.25, 0.3) is 5.91 Å². The zero-order chi connectivity index (χ0) is 23.6. The monoisotopic (exact) mass is 486 g/mol. The second-order valence-electron chi connectivity index (χ2n) is 7.10. The number of hydrogen-bond donors (Lipinski definition) is 1. The third kappa shape index (κ3) is 6.79. The highest BCUT2D eigenvalue weighted by Gasteiger charge is 2.33. The fraction of sp³-hybridized carbons (Fsp3) is 0.556. The van der Waals surface area contributed by atoms with Crippen LogP contribution in [0.5, 0.6) is 0 Å². The van der Waals surface area contributed by atoms with Gasteiger partial charge < -0.3 is 14.4 Å². The molecule has 1 aromatic rings. The Morgan fingerprint density at radius 2 is 1.87 bits per heavy atom. The van der Waals surface area contributed by atoms with E-state index in [2.05, 4.69) is 0 Å². The predicted octanol–water partition coefficient (Wildman–Crippen LogP) is 2.20. The third-order valence-electron chi connectivity index (χ3n) is 4.34. The molecule has 0 bridgehead atoms. The minimum absolute atomic E-state index is 0.195. The van der Waals surface area contributed by atoms with Gasteiger partial charge in [-0.3, -0.25) is 9.59 Å². The van der Waals surface area contributed by atoms with Gasteiger partial charge in [-0.1, -0.05) is 11.6 Å². The molecule has 8 nitrogen and oxygen atoms in total. The van der Waals surface area contributed by atoms with Gasteiger partial charge in [0, 0.05) is 13.1 Å². The summed E-state index contributed by atoms with van der Waals surface area (Å²) in [7, 11) is -4.55. The van der Waals surface area contributed by atoms with Crippen molar-refractivity contribution >= 4 is 33.5 Å². The molecule has 1 N–H and O–H groups in total. The molecule has 0 radical (unpaired) electrons. The summed E-state index contributed by atoms with van der Waals surface area (Å²) in [6.07, 6.45) is -6.36. The lowest BCUT2D eigenvalue weighted by molar-refractivity contribution is -0.163. The van der Waals surface area contributed by atoms with E-state index in [1.54, 1.807) is 13.8 Å². The fourth-order valence-corrected chi connectivity index (χ4v) is 4.51. The average Bonchev–Trinajstić information content (AvgIpc) is 2.64. The first kappa shape index (κ1) is 25.4. The Morgan fingerprint density at radius 3 is 2.42 bits per heavy atom. The van der Waals surface area contributed by atoms with Crippen molar-refractivity contribution < 1.29 is 40.7 Å². The number of nitrogens with one attached hydrogen (secondary N) is 1. The molecule has 1 aliphatic heterocycles. The fourth-order valence-electron chi connectivity index (χ4n) is 3.02. The maximum absolute atomic E-state index is 12.8. The van der Waals surface area contributed by atoms with Gasteiger partial charge in [0.1, 0.15) is 11.4 Å². The van der Waals surface area contributed by atoms with Crippen LogP contribution in [0, 0.1) is 0 Å². The number of nitrogens with zero attached hydrogens (tertiary/aromatic N) is 1. The lowest BCUT2D eigenvalue weighted by Crippen LogP contribution is -2.51. The van der Waals surface area contributed by atoms with Gasteiger partial charge >= 0.3 is 12.1 Å². The summed E-state index contributed by atoms with van der Waals surface area (Å²) < 4.78 is 75.5. The molecule has 1 aliphatic rings. The first-order chi connectivity index (χ1) is 14.2. The summed E-state index contributed by atoms with van der Waals surface area (Å²) in [6.45, 7) is 4.64. The van der Waals surface area contributed by atoms with E-state index < -0.39 is 56.2 Å². The van der Waals surface area contributed by atoms with E-state index in [1.807, 2.05) is 4.72 Å². The van der Waals surface area contributed by atoms with Crippen LogP contribution in [0.25, 0.3) is 0 Å². The lowest BCUT2D eigenvalue weighted by Gasteiger charge is -2.36. The minimum Gasteiger partial charge on any atom is -0.452 e. The van der Waals surface area contributed by atoms with Crippen molar-refractivity contribution in [3.05, 3.63) is 28.8 Å². The molecule has 13 heteroatoms. The van der Waals surface area contributed by atoms with Crippen LogP contribution in [-0.4, -0.2) is 63.1 Å². The van der Waals surface area contributed by atoms with Crippen LogP contribution in [0.15, 0.2) is 23.1 Å². The number of morpholine rings is 1. The number of rotatable bonds is 6. The Kier molecular flexibility index (Phi) is 7.95. The quantitative estimate of drug-likeness (QED) is 0.618. The van der Waals surface area contributed by atoms with E-state index in [0.717, 1.165) is 6.07 Å². The zero-order valence-electron chi connectivity index (χ0n) is 16.9. The van der Waals surface area contributed by atoms with Crippen LogP contribution in [0.2, 0.25) is 5.02 Å². The normalized spacial score (nSPS) is 20.9. The Morgan fingerprint density at radius 1 is 1.29 bits per heavy atom. The van der Waals surface area contributed by atoms with Gasteiger partial charge in [-0.05, 0) is 39.0 Å². The van der Waals surface area contributed by atoms with Crippen molar-refractivity contribution in [3.63, 3.8) is 0 Å². The second-order valence-corrected chi connectivity index (χ2v) is 9.24. The molecule has 31 heavy (non-hydrogen) atoms. The number of carbonyl (C=O) groups excluding carboxylic acids is 2. The highest BCUT2D eigenvalue weighted by Crippen LogP contribution is 2.33. The van der Waals surface area contributed by atoms with Gasteiger partial charge in [0.2, 0.25) is 10.0 Å². The number of sulfonamides is 1. The Balaban J connectivity index is 1.99. The zero-order valence-corrected chi connectivity index (χ0v) is 18.5. The summed E-state index contributed by atoms with van der Waals surface area (Å²) in [5.41, 5.74) is -1.21. The smallest absolute Gasteiger partial charge is 0.416 e. The van der Waals surface area contributed by atoms with E-state index in [-0.39, 0.29) is 12.2 Å². The first-order valence-electron chi connectivity index (χ1n) is 9.21. The van der Waals surface area contributed by atoms with Gasteiger partial charge in [-0.15, -0.1) is 0 Å². The molecule has 1 heterocycles. The molecule has 0 aromatic heterocycles. The molecule has 1 aromatic carbocycles. The van der Waals surface area contributed by atoms with Crippen LogP contribution in [-0.2, 0) is 35.3 Å². The van der Waals surface area contributed by atoms with Gasteiger partial charge in [0.05, 0.1) is 22.8 Å². The van der Waals surface area contributed by atoms with Crippen molar-refractivity contribution in [1.82, 2.24) is 9.62 Å². The molecule has 3 unspecified atom stereocenters. The number of hydrogen-bond acceptors (Lipinski definition) is 6. The van der Waals surface area contributed by atoms with E-state index in [1.165, 1.54) is 11.8 Å². The van der Waals surface area contributed by atoms with E-state index in [0.29, 0.717) is 25.2 Å². The Labute approximate surface area is 182 Å². The molecular formula is C18H22ClF3N2O6S. The molecule has 2 rings (SSSR count). The van der Waals surface area contributed by atoms with Gasteiger partial charge in [-0.2, -0.15) is 17.9 Å². The first-order valence-corrected chi connectivity index (χ1v) is 11.1. The number of halogens is 4. The summed E-state index contributed by atoms with van der Waals surface area (Å²) >= 11 is 5.72. The highest BCUT2D eigenvalue weighted by molar-refractivity contribution is 7.89. The second kappa shape index (κ2) is 9.72. The number of esters is 1. The summed E-state index contributed by atoms with van der Waals surface area (Å²) in [5, 5.41) is -0.451. The Bertz CT molecular complexity index is 931. The maximum atomic E-state index is 12.8. The molecule has 1 amide bonds. The number of benzene rings is 1. The standard InChI is InChI=1S/C18H22ClF3N2O6S/c1-10-8-24(9-11(2)29-10)17(26)12(3)30-16(25)7-23-31(27,28)15-6-13(18(20,21)22)4-5-14(15)19/h4-6,10-12,23H,7-9H2,1-3H3. The highest BCUT2D eigenvalue weighted by atomic mass is 35.5. The van der Waals surface area contributed by atoms with E-state index >= 15 is 0 Å². The van der Waals surface area contributed by atoms with Crippen molar-refractivity contribution in [2.45, 2.75) is 50.2 Å². The molecular weight excluding hydrogens is 465 g/mol. The SMILES string of the molecule is CC1CN(C(=O)C(C)OC(=O)CNS(=O)(=O)c2cc(C(F)(F)F)ccc2Cl)CC(C)O1. The molecule has 174 valence electrons. The minimum atomic E-state index is -4.78. The van der Waals surface area contributed by atoms with Crippen LogP contribution < -0.4 is 4.72 Å². The third-order valence-corrected chi connectivity index (χ3v) is 6.22. The average molecular weight is 487 g/mol. The lowest BCUT2D eigenvalue weighted by atomic mass is 10.2. The van der Waals surface area contributed by atoms with Crippen molar-refractivity contribution in [2.75, 3.05) is 19.6 Å². The van der Waals surface area contributed by atoms with Crippen LogP contribution in [0.3, 0.4) is 0 Å². The van der Waals surface area contributed by atoms with Gasteiger partial charge in [-0.25, -0.2) is 8.42 Å². The molecule has 0 aliphatic carbocycles. The number of amides is 1. The maximum Gasteiger partial charge on any atom is 0.416 e. The molecule has 0 spiro atoms. The van der Waals surface area contributed by atoms with Crippen molar-refractivity contribution in [3.8, 4) is 0 Å². The van der Waals surface area contributed by atoms with Crippen molar-refractivity contribution in [2.24, 2.45) is 0 Å². The van der Waals surface area contributed by atoms with E-state index in [9.17, 15) is 31.2 Å². The Hall–Kier alpha value is -1.89. The van der Waals surface area contributed by atoms with E-state index in [4.69, 9.17) is 21.1 Å². The van der Waals surface area contributed by atoms with Crippen LogP contribution in [0.1, 0.15) is 26.3 Å². The largest absolute Gasteiger partial charge is 0.452 e. The summed E-state index contributed by atoms with van der Waals surface area (Å²) in [4.78, 5) is 25.1.